The molecular weight excluding hydrogens is 282 g/mol. The summed E-state index contributed by atoms with van der Waals surface area (Å²) in [5.41, 5.74) is 0.190. The summed E-state index contributed by atoms with van der Waals surface area (Å²) in [6, 6.07) is 7.70. The van der Waals surface area contributed by atoms with Crippen molar-refractivity contribution in [2.75, 3.05) is 0 Å². The molecule has 1 aromatic carbocycles. The van der Waals surface area contributed by atoms with E-state index < -0.39 is 24.0 Å². The lowest BCUT2D eigenvalue weighted by Gasteiger charge is -2.32. The second kappa shape index (κ2) is 4.93. The van der Waals surface area contributed by atoms with Gasteiger partial charge in [-0.15, -0.1) is 0 Å². The maximum Gasteiger partial charge on any atom is 0.525 e. The van der Waals surface area contributed by atoms with Crippen LogP contribution in [0.3, 0.4) is 0 Å². The van der Waals surface area contributed by atoms with Crippen LogP contribution in [0.2, 0.25) is 0 Å². The normalized spacial score (nSPS) is 20.8. The topological polar surface area (TPSA) is 36.3 Å². The molecule has 0 saturated carbocycles. The van der Waals surface area contributed by atoms with Crippen molar-refractivity contribution in [1.29, 1.82) is 0 Å². The molecule has 6 heteroatoms. The highest BCUT2D eigenvalue weighted by molar-refractivity contribution is 6.54. The summed E-state index contributed by atoms with van der Waals surface area (Å²) < 4.78 is 27.8. The van der Waals surface area contributed by atoms with E-state index in [0.29, 0.717) is 5.82 Å². The Labute approximate surface area is 130 Å². The molecule has 3 rings (SSSR count). The molecular formula is C16H20BFN2O2. The van der Waals surface area contributed by atoms with Gasteiger partial charge in [0, 0.05) is 13.1 Å². The van der Waals surface area contributed by atoms with Gasteiger partial charge in [-0.3, -0.25) is 0 Å². The van der Waals surface area contributed by atoms with E-state index >= 15 is 0 Å². The summed E-state index contributed by atoms with van der Waals surface area (Å²) in [7, 11) is 0.864. The fourth-order valence-electron chi connectivity index (χ4n) is 2.44. The van der Waals surface area contributed by atoms with E-state index in [1.807, 2.05) is 63.6 Å². The van der Waals surface area contributed by atoms with Crippen LogP contribution in [0.25, 0.3) is 17.1 Å². The number of benzene rings is 1. The number of aryl methyl sites for hydroxylation is 1. The van der Waals surface area contributed by atoms with Gasteiger partial charge in [-0.25, -0.2) is 9.37 Å². The quantitative estimate of drug-likeness (QED) is 0.796. The molecule has 2 aromatic rings. The van der Waals surface area contributed by atoms with Gasteiger partial charge < -0.3 is 13.9 Å². The molecule has 0 radical (unpaired) electrons. The Morgan fingerprint density at radius 2 is 1.77 bits per heavy atom. The maximum atomic E-state index is 14.5. The molecule has 0 unspecified atom stereocenters. The number of hydrogen-bond donors (Lipinski definition) is 0. The van der Waals surface area contributed by atoms with E-state index in [0.717, 1.165) is 11.0 Å². The molecule has 0 atom stereocenters. The van der Waals surface area contributed by atoms with E-state index in [1.54, 1.807) is 0 Å². The zero-order valence-corrected chi connectivity index (χ0v) is 13.6. The van der Waals surface area contributed by atoms with Crippen LogP contribution in [0.4, 0.5) is 4.39 Å². The predicted octanol–water partition coefficient (Wildman–Crippen LogP) is 3.52. The van der Waals surface area contributed by atoms with Gasteiger partial charge in [0.1, 0.15) is 11.6 Å². The average molecular weight is 302 g/mol. The molecule has 0 N–H and O–H groups in total. The van der Waals surface area contributed by atoms with Gasteiger partial charge in [0.15, 0.2) is 0 Å². The van der Waals surface area contributed by atoms with Crippen molar-refractivity contribution in [3.8, 4) is 0 Å². The molecule has 0 aliphatic carbocycles. The number of para-hydroxylation sites is 2. The first-order valence-corrected chi connectivity index (χ1v) is 7.35. The lowest BCUT2D eigenvalue weighted by molar-refractivity contribution is 0.00578. The van der Waals surface area contributed by atoms with Crippen molar-refractivity contribution in [2.24, 2.45) is 7.05 Å². The highest BCUT2D eigenvalue weighted by Gasteiger charge is 2.53. The van der Waals surface area contributed by atoms with Crippen LogP contribution in [-0.4, -0.2) is 27.9 Å². The van der Waals surface area contributed by atoms with Crippen molar-refractivity contribution in [1.82, 2.24) is 9.55 Å². The molecule has 0 spiro atoms. The molecule has 1 fully saturated rings. The summed E-state index contributed by atoms with van der Waals surface area (Å²) in [5, 5.41) is 0. The minimum atomic E-state index is -0.996. The SMILES string of the molecule is Cn1c(C=C(F)B2OC(C)(C)C(C)(C)O2)nc2ccccc21. The number of halogens is 1. The highest BCUT2D eigenvalue weighted by atomic mass is 19.1. The second-order valence-corrected chi connectivity index (χ2v) is 6.64. The first-order valence-electron chi connectivity index (χ1n) is 7.35. The number of aromatic nitrogens is 2. The van der Waals surface area contributed by atoms with Crippen LogP contribution in [0.15, 0.2) is 30.0 Å². The summed E-state index contributed by atoms with van der Waals surface area (Å²) in [6.07, 6.45) is 1.38. The Kier molecular flexibility index (Phi) is 3.42. The molecule has 2 heterocycles. The summed E-state index contributed by atoms with van der Waals surface area (Å²) in [6.45, 7) is 7.59. The minimum Gasteiger partial charge on any atom is -0.398 e. The van der Waals surface area contributed by atoms with Crippen LogP contribution >= 0.6 is 0 Å². The van der Waals surface area contributed by atoms with E-state index in [2.05, 4.69) is 4.98 Å². The number of imidazole rings is 1. The minimum absolute atomic E-state index is 0.475. The van der Waals surface area contributed by atoms with Gasteiger partial charge in [-0.1, -0.05) is 12.1 Å². The molecule has 22 heavy (non-hydrogen) atoms. The van der Waals surface area contributed by atoms with Crippen molar-refractivity contribution in [3.63, 3.8) is 0 Å². The number of fused-ring (bicyclic) bond motifs is 1. The van der Waals surface area contributed by atoms with E-state index in [1.165, 1.54) is 6.08 Å². The van der Waals surface area contributed by atoms with Gasteiger partial charge in [-0.2, -0.15) is 0 Å². The van der Waals surface area contributed by atoms with Crippen LogP contribution in [0.1, 0.15) is 33.5 Å². The smallest absolute Gasteiger partial charge is 0.398 e. The summed E-state index contributed by atoms with van der Waals surface area (Å²) in [5.74, 6) is 0.536. The molecule has 1 saturated heterocycles. The van der Waals surface area contributed by atoms with Crippen molar-refractivity contribution < 1.29 is 13.7 Å². The number of nitrogens with zero attached hydrogens (tertiary/aromatic N) is 2. The Morgan fingerprint density at radius 1 is 1.18 bits per heavy atom. The van der Waals surface area contributed by atoms with Crippen molar-refractivity contribution in [2.45, 2.75) is 38.9 Å². The van der Waals surface area contributed by atoms with Gasteiger partial charge in [0.05, 0.1) is 22.2 Å². The zero-order chi connectivity index (χ0) is 16.1. The van der Waals surface area contributed by atoms with Gasteiger partial charge in [-0.05, 0) is 39.8 Å². The molecule has 1 aromatic heterocycles. The molecule has 0 bridgehead atoms. The first-order chi connectivity index (χ1) is 10.2. The third-order valence-corrected chi connectivity index (χ3v) is 4.57. The monoisotopic (exact) mass is 302 g/mol. The maximum absolute atomic E-state index is 14.5. The number of rotatable bonds is 2. The Hall–Kier alpha value is -1.66. The van der Waals surface area contributed by atoms with Crippen molar-refractivity contribution in [3.05, 3.63) is 35.8 Å². The molecule has 1 aliphatic heterocycles. The zero-order valence-electron chi connectivity index (χ0n) is 13.6. The molecule has 116 valence electrons. The molecule has 0 amide bonds. The van der Waals surface area contributed by atoms with E-state index in [-0.39, 0.29) is 0 Å². The third kappa shape index (κ3) is 2.36. The predicted molar refractivity (Wildman–Crippen MR) is 85.9 cm³/mol. The average Bonchev–Trinajstić information content (AvgIpc) is 2.85. The van der Waals surface area contributed by atoms with Gasteiger partial charge >= 0.3 is 7.12 Å². The fraction of sp³-hybridized carbons (Fsp3) is 0.438. The Morgan fingerprint density at radius 3 is 2.36 bits per heavy atom. The Bertz CT molecular complexity index is 736. The van der Waals surface area contributed by atoms with Crippen LogP contribution < -0.4 is 0 Å². The van der Waals surface area contributed by atoms with E-state index in [9.17, 15) is 4.39 Å². The third-order valence-electron chi connectivity index (χ3n) is 4.57. The second-order valence-electron chi connectivity index (χ2n) is 6.64. The Balaban J connectivity index is 1.93. The highest BCUT2D eigenvalue weighted by Crippen LogP contribution is 2.39. The largest absolute Gasteiger partial charge is 0.525 e. The lowest BCUT2D eigenvalue weighted by Crippen LogP contribution is -2.41. The molecule has 4 nitrogen and oxygen atoms in total. The molecule has 1 aliphatic rings. The van der Waals surface area contributed by atoms with Gasteiger partial charge in [0.25, 0.3) is 0 Å². The fourth-order valence-corrected chi connectivity index (χ4v) is 2.44. The summed E-state index contributed by atoms with van der Waals surface area (Å²) in [4.78, 5) is 4.43. The van der Waals surface area contributed by atoms with Crippen LogP contribution in [-0.2, 0) is 16.4 Å². The van der Waals surface area contributed by atoms with Crippen LogP contribution in [0.5, 0.6) is 0 Å². The van der Waals surface area contributed by atoms with E-state index in [4.69, 9.17) is 9.31 Å². The van der Waals surface area contributed by atoms with Crippen LogP contribution in [0, 0.1) is 0 Å². The lowest BCUT2D eigenvalue weighted by atomic mass is 9.87. The number of hydrogen-bond acceptors (Lipinski definition) is 3. The standard InChI is InChI=1S/C16H20BFN2O2/c1-15(2)16(3,4)22-17(21-15)13(18)10-14-19-11-8-6-7-9-12(11)20(14)5/h6-10H,1-5H3. The summed E-state index contributed by atoms with van der Waals surface area (Å²) >= 11 is 0. The first kappa shape index (κ1) is 15.2. The van der Waals surface area contributed by atoms with Gasteiger partial charge in [0.2, 0.25) is 0 Å². The van der Waals surface area contributed by atoms with Crippen molar-refractivity contribution >= 4 is 24.2 Å².